The molecule has 1 unspecified atom stereocenters. The molecule has 6 nitrogen and oxygen atoms in total. The van der Waals surface area contributed by atoms with E-state index < -0.39 is 18.0 Å². The highest BCUT2D eigenvalue weighted by Crippen LogP contribution is 2.31. The number of carboxylic acid groups (broad SMARTS) is 2. The maximum absolute atomic E-state index is 11.0. The first-order valence-electron chi connectivity index (χ1n) is 4.77. The molecule has 0 spiro atoms. The number of rotatable bonds is 5. The van der Waals surface area contributed by atoms with E-state index in [-0.39, 0.29) is 17.1 Å². The molecule has 92 valence electrons. The lowest BCUT2D eigenvalue weighted by Crippen LogP contribution is -2.24. The van der Waals surface area contributed by atoms with E-state index in [1.165, 1.54) is 32.2 Å². The molecule has 0 aliphatic heterocycles. The summed E-state index contributed by atoms with van der Waals surface area (Å²) in [6.07, 6.45) is -1.16. The number of aliphatic carboxylic acids is 1. The molecule has 0 aromatic heterocycles. The molecular formula is C11H12O6. The standard InChI is InChI=1S/C11H12O6/c1-6(10(12)13)17-9-7(11(14)15)4-3-5-8(9)16-2/h3-6H,1-2H3,(H,12,13)(H,14,15). The molecule has 1 aromatic rings. The van der Waals surface area contributed by atoms with Crippen molar-refractivity contribution in [2.75, 3.05) is 7.11 Å². The highest BCUT2D eigenvalue weighted by Gasteiger charge is 2.21. The normalized spacial score (nSPS) is 11.6. The molecule has 1 atom stereocenters. The Morgan fingerprint density at radius 2 is 1.94 bits per heavy atom. The summed E-state index contributed by atoms with van der Waals surface area (Å²) in [4.78, 5) is 21.6. The minimum atomic E-state index is -1.21. The van der Waals surface area contributed by atoms with Gasteiger partial charge < -0.3 is 19.7 Å². The van der Waals surface area contributed by atoms with Gasteiger partial charge in [-0.2, -0.15) is 0 Å². The summed E-state index contributed by atoms with van der Waals surface area (Å²) in [6, 6.07) is 4.30. The third kappa shape index (κ3) is 2.87. The Labute approximate surface area is 97.4 Å². The summed E-state index contributed by atoms with van der Waals surface area (Å²) < 4.78 is 10.0. The molecular weight excluding hydrogens is 228 g/mol. The smallest absolute Gasteiger partial charge is 0.344 e. The Kier molecular flexibility index (Phi) is 3.92. The number of benzene rings is 1. The summed E-state index contributed by atoms with van der Waals surface area (Å²) in [5.41, 5.74) is -0.141. The molecule has 0 heterocycles. The first-order chi connectivity index (χ1) is 7.97. The van der Waals surface area contributed by atoms with E-state index in [1.807, 2.05) is 0 Å². The monoisotopic (exact) mass is 240 g/mol. The second-order valence-corrected chi connectivity index (χ2v) is 3.24. The predicted octanol–water partition coefficient (Wildman–Crippen LogP) is 1.25. The lowest BCUT2D eigenvalue weighted by atomic mass is 10.2. The van der Waals surface area contributed by atoms with Crippen LogP contribution in [0.15, 0.2) is 18.2 Å². The van der Waals surface area contributed by atoms with Crippen LogP contribution in [0.3, 0.4) is 0 Å². The Morgan fingerprint density at radius 1 is 1.29 bits per heavy atom. The number of carbonyl (C=O) groups is 2. The highest BCUT2D eigenvalue weighted by molar-refractivity contribution is 5.92. The minimum absolute atomic E-state index is 0.0857. The predicted molar refractivity (Wildman–Crippen MR) is 57.7 cm³/mol. The zero-order chi connectivity index (χ0) is 13.0. The van der Waals surface area contributed by atoms with Crippen molar-refractivity contribution in [2.45, 2.75) is 13.0 Å². The van der Waals surface area contributed by atoms with Gasteiger partial charge in [0.1, 0.15) is 5.56 Å². The second kappa shape index (κ2) is 5.20. The third-order valence-corrected chi connectivity index (χ3v) is 2.07. The molecule has 0 amide bonds. The number of ether oxygens (including phenoxy) is 2. The molecule has 1 rings (SSSR count). The first-order valence-corrected chi connectivity index (χ1v) is 4.77. The van der Waals surface area contributed by atoms with Crippen LogP contribution < -0.4 is 9.47 Å². The summed E-state index contributed by atoms with van der Waals surface area (Å²) >= 11 is 0. The van der Waals surface area contributed by atoms with Gasteiger partial charge in [0, 0.05) is 0 Å². The Bertz CT molecular complexity index is 440. The fourth-order valence-corrected chi connectivity index (χ4v) is 1.19. The van der Waals surface area contributed by atoms with Crippen LogP contribution in [-0.4, -0.2) is 35.4 Å². The van der Waals surface area contributed by atoms with Gasteiger partial charge in [-0.3, -0.25) is 0 Å². The molecule has 0 fully saturated rings. The molecule has 0 radical (unpaired) electrons. The molecule has 1 aromatic carbocycles. The Morgan fingerprint density at radius 3 is 2.41 bits per heavy atom. The summed E-state index contributed by atoms with van der Waals surface area (Å²) in [5.74, 6) is -2.31. The number of aromatic carboxylic acids is 1. The summed E-state index contributed by atoms with van der Waals surface area (Å²) in [7, 11) is 1.35. The van der Waals surface area contributed by atoms with Gasteiger partial charge >= 0.3 is 11.9 Å². The van der Waals surface area contributed by atoms with Gasteiger partial charge in [0.05, 0.1) is 7.11 Å². The van der Waals surface area contributed by atoms with Crippen LogP contribution in [0.5, 0.6) is 11.5 Å². The molecule has 0 saturated carbocycles. The van der Waals surface area contributed by atoms with Crippen LogP contribution >= 0.6 is 0 Å². The van der Waals surface area contributed by atoms with Crippen LogP contribution in [0.4, 0.5) is 0 Å². The van der Waals surface area contributed by atoms with Gasteiger partial charge in [-0.1, -0.05) is 6.07 Å². The molecule has 6 heteroatoms. The quantitative estimate of drug-likeness (QED) is 0.804. The minimum Gasteiger partial charge on any atom is -0.493 e. The average Bonchev–Trinajstić information content (AvgIpc) is 2.28. The molecule has 0 aliphatic rings. The van der Waals surface area contributed by atoms with E-state index in [2.05, 4.69) is 0 Å². The van der Waals surface area contributed by atoms with Crippen LogP contribution in [-0.2, 0) is 4.79 Å². The van der Waals surface area contributed by atoms with Crippen LogP contribution in [0.25, 0.3) is 0 Å². The van der Waals surface area contributed by atoms with Crippen molar-refractivity contribution in [1.82, 2.24) is 0 Å². The number of para-hydroxylation sites is 1. The van der Waals surface area contributed by atoms with Gasteiger partial charge in [-0.05, 0) is 19.1 Å². The van der Waals surface area contributed by atoms with Gasteiger partial charge in [-0.15, -0.1) is 0 Å². The SMILES string of the molecule is COc1cccc(C(=O)O)c1OC(C)C(=O)O. The van der Waals surface area contributed by atoms with E-state index in [0.717, 1.165) is 0 Å². The largest absolute Gasteiger partial charge is 0.493 e. The van der Waals surface area contributed by atoms with Crippen LogP contribution in [0.1, 0.15) is 17.3 Å². The lowest BCUT2D eigenvalue weighted by molar-refractivity contribution is -0.144. The van der Waals surface area contributed by atoms with Crippen LogP contribution in [0.2, 0.25) is 0 Å². The lowest BCUT2D eigenvalue weighted by Gasteiger charge is -2.15. The number of hydrogen-bond acceptors (Lipinski definition) is 4. The van der Waals surface area contributed by atoms with Gasteiger partial charge in [0.2, 0.25) is 0 Å². The van der Waals surface area contributed by atoms with Crippen molar-refractivity contribution in [3.63, 3.8) is 0 Å². The van der Waals surface area contributed by atoms with E-state index in [1.54, 1.807) is 0 Å². The van der Waals surface area contributed by atoms with Crippen LogP contribution in [0, 0.1) is 0 Å². The van der Waals surface area contributed by atoms with Crippen molar-refractivity contribution >= 4 is 11.9 Å². The zero-order valence-electron chi connectivity index (χ0n) is 9.34. The Hall–Kier alpha value is -2.24. The van der Waals surface area contributed by atoms with Gasteiger partial charge in [-0.25, -0.2) is 9.59 Å². The first kappa shape index (κ1) is 12.8. The van der Waals surface area contributed by atoms with E-state index >= 15 is 0 Å². The molecule has 0 saturated heterocycles. The van der Waals surface area contributed by atoms with Crippen molar-refractivity contribution in [3.8, 4) is 11.5 Å². The second-order valence-electron chi connectivity index (χ2n) is 3.24. The zero-order valence-corrected chi connectivity index (χ0v) is 9.34. The number of carboxylic acids is 2. The number of hydrogen-bond donors (Lipinski definition) is 2. The molecule has 2 N–H and O–H groups in total. The maximum Gasteiger partial charge on any atom is 0.344 e. The molecule has 0 bridgehead atoms. The van der Waals surface area contributed by atoms with Crippen molar-refractivity contribution in [1.29, 1.82) is 0 Å². The van der Waals surface area contributed by atoms with Gasteiger partial charge in [0.25, 0.3) is 0 Å². The average molecular weight is 240 g/mol. The van der Waals surface area contributed by atoms with E-state index in [0.29, 0.717) is 0 Å². The summed E-state index contributed by atoms with van der Waals surface area (Å²) in [6.45, 7) is 1.31. The fourth-order valence-electron chi connectivity index (χ4n) is 1.19. The highest BCUT2D eigenvalue weighted by atomic mass is 16.5. The topological polar surface area (TPSA) is 93.1 Å². The summed E-state index contributed by atoms with van der Waals surface area (Å²) in [5, 5.41) is 17.7. The van der Waals surface area contributed by atoms with Crippen molar-refractivity contribution < 1.29 is 29.3 Å². The van der Waals surface area contributed by atoms with Crippen molar-refractivity contribution in [2.24, 2.45) is 0 Å². The van der Waals surface area contributed by atoms with Gasteiger partial charge in [0.15, 0.2) is 17.6 Å². The Balaban J connectivity index is 3.18. The van der Waals surface area contributed by atoms with E-state index in [9.17, 15) is 9.59 Å². The third-order valence-electron chi connectivity index (χ3n) is 2.07. The van der Waals surface area contributed by atoms with Crippen molar-refractivity contribution in [3.05, 3.63) is 23.8 Å². The number of methoxy groups -OCH3 is 1. The molecule has 0 aliphatic carbocycles. The fraction of sp³-hybridized carbons (Fsp3) is 0.273. The molecule has 17 heavy (non-hydrogen) atoms. The maximum atomic E-state index is 11.0. The van der Waals surface area contributed by atoms with E-state index in [4.69, 9.17) is 19.7 Å².